The van der Waals surface area contributed by atoms with Crippen LogP contribution in [0.2, 0.25) is 0 Å². The van der Waals surface area contributed by atoms with Crippen molar-refractivity contribution in [3.8, 4) is 5.75 Å². The number of alkyl halides is 3. The molecule has 5 rings (SSSR count). The number of nitrogens with zero attached hydrogens (tertiary/aromatic N) is 5. The minimum Gasteiger partial charge on any atom is -0.497 e. The second-order valence-corrected chi connectivity index (χ2v) is 8.39. The van der Waals surface area contributed by atoms with Gasteiger partial charge in [0.2, 0.25) is 0 Å². The summed E-state index contributed by atoms with van der Waals surface area (Å²) in [5.41, 5.74) is 1.49. The highest BCUT2D eigenvalue weighted by molar-refractivity contribution is 6.08. The van der Waals surface area contributed by atoms with Crippen LogP contribution in [0, 0.1) is 0 Å². The molecule has 2 aromatic heterocycles. The van der Waals surface area contributed by atoms with Crippen molar-refractivity contribution in [1.82, 2.24) is 19.7 Å². The number of aromatic nitrogens is 3. The SMILES string of the molecule is COc1ccc(Cn2cc3c(n2)c(N2CCN(C)CC2)nc2ccc(C(F)(F)F)cc23)cc1. The van der Waals surface area contributed by atoms with Gasteiger partial charge in [-0.25, -0.2) is 4.98 Å². The van der Waals surface area contributed by atoms with Gasteiger partial charge < -0.3 is 14.5 Å². The average Bonchev–Trinajstić information content (AvgIpc) is 3.22. The predicted molar refractivity (Wildman–Crippen MR) is 122 cm³/mol. The van der Waals surface area contributed by atoms with Crippen molar-refractivity contribution in [2.24, 2.45) is 0 Å². The monoisotopic (exact) mass is 455 g/mol. The van der Waals surface area contributed by atoms with Gasteiger partial charge in [0.15, 0.2) is 5.82 Å². The van der Waals surface area contributed by atoms with E-state index in [0.29, 0.717) is 28.4 Å². The van der Waals surface area contributed by atoms with Gasteiger partial charge >= 0.3 is 6.18 Å². The van der Waals surface area contributed by atoms with Gasteiger partial charge in [-0.05, 0) is 42.9 Å². The van der Waals surface area contributed by atoms with E-state index in [4.69, 9.17) is 14.8 Å². The number of halogens is 3. The fourth-order valence-electron chi connectivity index (χ4n) is 4.21. The second kappa shape index (κ2) is 8.22. The highest BCUT2D eigenvalue weighted by atomic mass is 19.4. The fraction of sp³-hybridized carbons (Fsp3) is 0.333. The molecule has 172 valence electrons. The van der Waals surface area contributed by atoms with Crippen molar-refractivity contribution >= 4 is 27.6 Å². The van der Waals surface area contributed by atoms with Crippen LogP contribution in [0.1, 0.15) is 11.1 Å². The molecule has 2 aromatic carbocycles. The third kappa shape index (κ3) is 4.20. The minimum absolute atomic E-state index is 0.457. The number of rotatable bonds is 4. The molecule has 3 heterocycles. The van der Waals surface area contributed by atoms with E-state index in [1.165, 1.54) is 12.1 Å². The summed E-state index contributed by atoms with van der Waals surface area (Å²) < 4.78 is 47.2. The molecule has 0 amide bonds. The molecular formula is C24H24F3N5O. The smallest absolute Gasteiger partial charge is 0.416 e. The van der Waals surface area contributed by atoms with E-state index in [-0.39, 0.29) is 0 Å². The summed E-state index contributed by atoms with van der Waals surface area (Å²) in [4.78, 5) is 9.18. The molecule has 1 fully saturated rings. The van der Waals surface area contributed by atoms with E-state index in [9.17, 15) is 13.2 Å². The second-order valence-electron chi connectivity index (χ2n) is 8.39. The number of fused-ring (bicyclic) bond motifs is 3. The standard InChI is InChI=1S/C24H24F3N5O/c1-30-9-11-31(12-10-30)23-22-20(19-13-17(24(25,26)27)5-8-21(19)28-23)15-32(29-22)14-16-3-6-18(33-2)7-4-16/h3-8,13,15H,9-12,14H2,1-2H3. The molecule has 0 aliphatic carbocycles. The Hall–Kier alpha value is -3.33. The number of likely N-dealkylation sites (N-methyl/N-ethyl adjacent to an activating group) is 1. The maximum absolute atomic E-state index is 13.4. The van der Waals surface area contributed by atoms with Gasteiger partial charge in [-0.3, -0.25) is 4.68 Å². The molecule has 6 nitrogen and oxygen atoms in total. The maximum Gasteiger partial charge on any atom is 0.416 e. The van der Waals surface area contributed by atoms with Crippen molar-refractivity contribution in [3.05, 3.63) is 59.8 Å². The zero-order chi connectivity index (χ0) is 23.2. The maximum atomic E-state index is 13.4. The van der Waals surface area contributed by atoms with Gasteiger partial charge in [-0.1, -0.05) is 12.1 Å². The number of methoxy groups -OCH3 is 1. The van der Waals surface area contributed by atoms with Crippen LogP contribution in [-0.2, 0) is 12.7 Å². The molecule has 4 aromatic rings. The first-order valence-electron chi connectivity index (χ1n) is 10.8. The van der Waals surface area contributed by atoms with Crippen LogP contribution in [0.25, 0.3) is 21.8 Å². The van der Waals surface area contributed by atoms with Gasteiger partial charge in [0, 0.05) is 43.1 Å². The highest BCUT2D eigenvalue weighted by Crippen LogP contribution is 2.36. The molecule has 1 aliphatic rings. The Morgan fingerprint density at radius 1 is 0.970 bits per heavy atom. The van der Waals surface area contributed by atoms with Crippen LogP contribution in [0.15, 0.2) is 48.7 Å². The molecule has 0 spiro atoms. The van der Waals surface area contributed by atoms with Gasteiger partial charge in [0.05, 0.1) is 24.7 Å². The molecule has 0 saturated carbocycles. The number of benzene rings is 2. The predicted octanol–water partition coefficient (Wildman–Crippen LogP) is 4.41. The van der Waals surface area contributed by atoms with Crippen LogP contribution >= 0.6 is 0 Å². The zero-order valence-corrected chi connectivity index (χ0v) is 18.4. The van der Waals surface area contributed by atoms with Gasteiger partial charge in [0.1, 0.15) is 11.3 Å². The van der Waals surface area contributed by atoms with Crippen LogP contribution in [-0.4, -0.2) is 60.0 Å². The van der Waals surface area contributed by atoms with Crippen LogP contribution in [0.5, 0.6) is 5.75 Å². The van der Waals surface area contributed by atoms with E-state index in [2.05, 4.69) is 16.8 Å². The Balaban J connectivity index is 1.63. The van der Waals surface area contributed by atoms with Crippen molar-refractivity contribution < 1.29 is 17.9 Å². The molecule has 0 atom stereocenters. The molecule has 1 saturated heterocycles. The van der Waals surface area contributed by atoms with Crippen LogP contribution < -0.4 is 9.64 Å². The normalized spacial score (nSPS) is 15.5. The number of ether oxygens (including phenoxy) is 1. The highest BCUT2D eigenvalue weighted by Gasteiger charge is 2.31. The average molecular weight is 455 g/mol. The largest absolute Gasteiger partial charge is 0.497 e. The topological polar surface area (TPSA) is 46.4 Å². The van der Waals surface area contributed by atoms with Crippen molar-refractivity contribution in [1.29, 1.82) is 0 Å². The fourth-order valence-corrected chi connectivity index (χ4v) is 4.21. The van der Waals surface area contributed by atoms with E-state index in [0.717, 1.165) is 49.4 Å². The van der Waals surface area contributed by atoms with Crippen molar-refractivity contribution in [2.45, 2.75) is 12.7 Å². The first-order valence-corrected chi connectivity index (χ1v) is 10.8. The number of anilines is 1. The van der Waals surface area contributed by atoms with Crippen LogP contribution in [0.4, 0.5) is 19.0 Å². The number of pyridine rings is 1. The lowest BCUT2D eigenvalue weighted by Gasteiger charge is -2.33. The number of hydrogen-bond acceptors (Lipinski definition) is 5. The molecule has 0 unspecified atom stereocenters. The Bertz CT molecular complexity index is 1290. The quantitative estimate of drug-likeness (QED) is 0.456. The lowest BCUT2D eigenvalue weighted by atomic mass is 10.1. The van der Waals surface area contributed by atoms with Crippen molar-refractivity contribution in [3.63, 3.8) is 0 Å². The summed E-state index contributed by atoms with van der Waals surface area (Å²) in [5, 5.41) is 5.90. The summed E-state index contributed by atoms with van der Waals surface area (Å²) in [6.45, 7) is 3.84. The Kier molecular flexibility index (Phi) is 5.36. The lowest BCUT2D eigenvalue weighted by Crippen LogP contribution is -2.44. The molecule has 0 N–H and O–H groups in total. The van der Waals surface area contributed by atoms with E-state index in [1.807, 2.05) is 30.5 Å². The third-order valence-corrected chi connectivity index (χ3v) is 6.12. The molecule has 1 aliphatic heterocycles. The number of hydrogen-bond donors (Lipinski definition) is 0. The zero-order valence-electron chi connectivity index (χ0n) is 18.4. The molecular weight excluding hydrogens is 431 g/mol. The summed E-state index contributed by atoms with van der Waals surface area (Å²) >= 11 is 0. The van der Waals surface area contributed by atoms with Crippen LogP contribution in [0.3, 0.4) is 0 Å². The number of piperazine rings is 1. The van der Waals surface area contributed by atoms with Gasteiger partial charge in [-0.15, -0.1) is 0 Å². The van der Waals surface area contributed by atoms with E-state index >= 15 is 0 Å². The molecule has 33 heavy (non-hydrogen) atoms. The molecule has 9 heteroatoms. The summed E-state index contributed by atoms with van der Waals surface area (Å²) in [5.74, 6) is 1.48. The Morgan fingerprint density at radius 3 is 2.36 bits per heavy atom. The van der Waals surface area contributed by atoms with E-state index in [1.54, 1.807) is 11.8 Å². The van der Waals surface area contributed by atoms with Gasteiger partial charge in [-0.2, -0.15) is 18.3 Å². The summed E-state index contributed by atoms with van der Waals surface area (Å²) in [6, 6.07) is 11.4. The Morgan fingerprint density at radius 2 is 1.70 bits per heavy atom. The molecule has 0 radical (unpaired) electrons. The third-order valence-electron chi connectivity index (χ3n) is 6.12. The summed E-state index contributed by atoms with van der Waals surface area (Å²) in [7, 11) is 3.69. The summed E-state index contributed by atoms with van der Waals surface area (Å²) in [6.07, 6.45) is -2.60. The lowest BCUT2D eigenvalue weighted by molar-refractivity contribution is -0.137. The minimum atomic E-state index is -4.42. The van der Waals surface area contributed by atoms with Crippen molar-refractivity contribution in [2.75, 3.05) is 45.2 Å². The van der Waals surface area contributed by atoms with Gasteiger partial charge in [0.25, 0.3) is 0 Å². The van der Waals surface area contributed by atoms with E-state index < -0.39 is 11.7 Å². The molecule has 0 bridgehead atoms. The first kappa shape index (κ1) is 21.5. The Labute approximate surface area is 189 Å². The first-order chi connectivity index (χ1) is 15.8.